The second-order valence-corrected chi connectivity index (χ2v) is 6.14. The molecule has 0 aliphatic carbocycles. The summed E-state index contributed by atoms with van der Waals surface area (Å²) >= 11 is 3.37. The number of rotatable bonds is 7. The number of amides is 1. The van der Waals surface area contributed by atoms with Gasteiger partial charge in [0.05, 0.1) is 20.4 Å². The molecule has 0 bridgehead atoms. The van der Waals surface area contributed by atoms with E-state index < -0.39 is 6.04 Å². The van der Waals surface area contributed by atoms with Gasteiger partial charge in [-0.3, -0.25) is 4.79 Å². The largest absolute Gasteiger partial charge is 0.493 e. The molecule has 0 heterocycles. The second kappa shape index (κ2) is 9.08. The van der Waals surface area contributed by atoms with E-state index in [0.29, 0.717) is 11.5 Å². The van der Waals surface area contributed by atoms with Crippen molar-refractivity contribution in [3.05, 3.63) is 52.5 Å². The molecule has 25 heavy (non-hydrogen) atoms. The first kappa shape index (κ1) is 18.8. The third-order valence-electron chi connectivity index (χ3n) is 3.42. The zero-order valence-electron chi connectivity index (χ0n) is 14.2. The minimum Gasteiger partial charge on any atom is -0.493 e. The van der Waals surface area contributed by atoms with Crippen LogP contribution in [-0.2, 0) is 4.79 Å². The van der Waals surface area contributed by atoms with E-state index in [0.717, 1.165) is 15.7 Å². The number of ether oxygens (including phenoxy) is 2. The van der Waals surface area contributed by atoms with Crippen molar-refractivity contribution in [2.75, 3.05) is 19.5 Å². The van der Waals surface area contributed by atoms with Gasteiger partial charge in [-0.1, -0.05) is 15.9 Å². The van der Waals surface area contributed by atoms with Crippen molar-refractivity contribution in [2.45, 2.75) is 13.0 Å². The van der Waals surface area contributed by atoms with Gasteiger partial charge in [-0.2, -0.15) is 5.10 Å². The van der Waals surface area contributed by atoms with Crippen LogP contribution in [0.25, 0.3) is 0 Å². The number of carbonyl (C=O) groups is 1. The van der Waals surface area contributed by atoms with Crippen molar-refractivity contribution < 1.29 is 14.3 Å². The lowest BCUT2D eigenvalue weighted by atomic mass is 10.2. The summed E-state index contributed by atoms with van der Waals surface area (Å²) in [6.07, 6.45) is 1.55. The molecule has 0 unspecified atom stereocenters. The van der Waals surface area contributed by atoms with Crippen LogP contribution in [0.3, 0.4) is 0 Å². The van der Waals surface area contributed by atoms with E-state index in [2.05, 4.69) is 31.8 Å². The highest BCUT2D eigenvalue weighted by Crippen LogP contribution is 2.26. The fourth-order valence-electron chi connectivity index (χ4n) is 2.06. The van der Waals surface area contributed by atoms with Crippen molar-refractivity contribution in [1.82, 2.24) is 5.43 Å². The molecule has 6 nitrogen and oxygen atoms in total. The van der Waals surface area contributed by atoms with E-state index in [1.165, 1.54) is 0 Å². The summed E-state index contributed by atoms with van der Waals surface area (Å²) in [5.41, 5.74) is 4.16. The molecule has 0 saturated heterocycles. The summed E-state index contributed by atoms with van der Waals surface area (Å²) < 4.78 is 11.4. The number of nitrogens with one attached hydrogen (secondary N) is 2. The molecule has 2 aromatic rings. The van der Waals surface area contributed by atoms with Crippen LogP contribution in [0.1, 0.15) is 12.5 Å². The number of methoxy groups -OCH3 is 2. The standard InChI is InChI=1S/C18H20BrN3O3/c1-12(21-15-7-5-14(19)6-8-15)18(23)22-20-11-13-4-9-16(24-2)17(10-13)25-3/h4-12,21H,1-3H3,(H,22,23)/b20-11-/t12-/m1/s1. The van der Waals surface area contributed by atoms with Gasteiger partial charge in [0.15, 0.2) is 11.5 Å². The normalized spacial score (nSPS) is 11.8. The van der Waals surface area contributed by atoms with E-state index >= 15 is 0 Å². The monoisotopic (exact) mass is 405 g/mol. The van der Waals surface area contributed by atoms with Gasteiger partial charge in [-0.15, -0.1) is 0 Å². The van der Waals surface area contributed by atoms with Crippen LogP contribution in [-0.4, -0.2) is 32.4 Å². The van der Waals surface area contributed by atoms with Crippen molar-refractivity contribution in [1.29, 1.82) is 0 Å². The molecular formula is C18H20BrN3O3. The summed E-state index contributed by atoms with van der Waals surface area (Å²) in [6, 6.07) is 12.5. The average molecular weight is 406 g/mol. The third kappa shape index (κ3) is 5.49. The van der Waals surface area contributed by atoms with E-state index in [1.807, 2.05) is 30.3 Å². The van der Waals surface area contributed by atoms with Crippen LogP contribution in [0.15, 0.2) is 52.0 Å². The van der Waals surface area contributed by atoms with Crippen LogP contribution >= 0.6 is 15.9 Å². The van der Waals surface area contributed by atoms with E-state index in [9.17, 15) is 4.79 Å². The summed E-state index contributed by atoms with van der Waals surface area (Å²) in [6.45, 7) is 1.77. The molecule has 0 spiro atoms. The predicted molar refractivity (Wildman–Crippen MR) is 103 cm³/mol. The maximum Gasteiger partial charge on any atom is 0.262 e. The first-order valence-corrected chi connectivity index (χ1v) is 8.40. The van der Waals surface area contributed by atoms with Gasteiger partial charge in [0, 0.05) is 10.2 Å². The highest BCUT2D eigenvalue weighted by atomic mass is 79.9. The van der Waals surface area contributed by atoms with Crippen molar-refractivity contribution >= 4 is 33.7 Å². The van der Waals surface area contributed by atoms with E-state index in [4.69, 9.17) is 9.47 Å². The van der Waals surface area contributed by atoms with Gasteiger partial charge < -0.3 is 14.8 Å². The van der Waals surface area contributed by atoms with Gasteiger partial charge in [0.1, 0.15) is 6.04 Å². The lowest BCUT2D eigenvalue weighted by Crippen LogP contribution is -2.34. The van der Waals surface area contributed by atoms with Crippen LogP contribution in [0, 0.1) is 0 Å². The summed E-state index contributed by atoms with van der Waals surface area (Å²) in [5.74, 6) is 0.999. The van der Waals surface area contributed by atoms with Gasteiger partial charge in [0.2, 0.25) is 0 Å². The number of halogens is 1. The van der Waals surface area contributed by atoms with Crippen molar-refractivity contribution in [2.24, 2.45) is 5.10 Å². The van der Waals surface area contributed by atoms with E-state index in [-0.39, 0.29) is 5.91 Å². The molecule has 1 amide bonds. The number of nitrogens with zero attached hydrogens (tertiary/aromatic N) is 1. The van der Waals surface area contributed by atoms with Crippen LogP contribution < -0.4 is 20.2 Å². The SMILES string of the molecule is COc1ccc(/C=N\NC(=O)[C@@H](C)Nc2ccc(Br)cc2)cc1OC. The molecule has 0 saturated carbocycles. The molecule has 2 N–H and O–H groups in total. The fraction of sp³-hybridized carbons (Fsp3) is 0.222. The minimum absolute atomic E-state index is 0.236. The number of benzene rings is 2. The summed E-state index contributed by atoms with van der Waals surface area (Å²) in [5, 5.41) is 7.09. The molecule has 0 fully saturated rings. The summed E-state index contributed by atoms with van der Waals surface area (Å²) in [7, 11) is 3.14. The molecule has 0 radical (unpaired) electrons. The van der Waals surface area contributed by atoms with Crippen LogP contribution in [0.2, 0.25) is 0 Å². The molecule has 7 heteroatoms. The highest BCUT2D eigenvalue weighted by molar-refractivity contribution is 9.10. The van der Waals surface area contributed by atoms with Crippen molar-refractivity contribution in [3.63, 3.8) is 0 Å². The van der Waals surface area contributed by atoms with Gasteiger partial charge in [-0.25, -0.2) is 5.43 Å². The second-order valence-electron chi connectivity index (χ2n) is 5.22. The number of anilines is 1. The molecule has 0 aliphatic rings. The topological polar surface area (TPSA) is 72.0 Å². The smallest absolute Gasteiger partial charge is 0.262 e. The lowest BCUT2D eigenvalue weighted by Gasteiger charge is -2.13. The maximum absolute atomic E-state index is 12.1. The Balaban J connectivity index is 1.92. The number of carbonyl (C=O) groups excluding carboxylic acids is 1. The van der Waals surface area contributed by atoms with Crippen molar-refractivity contribution in [3.8, 4) is 11.5 Å². The molecule has 0 aromatic heterocycles. The Morgan fingerprint density at radius 1 is 1.12 bits per heavy atom. The quantitative estimate of drug-likeness (QED) is 0.546. The zero-order valence-corrected chi connectivity index (χ0v) is 15.8. The first-order valence-electron chi connectivity index (χ1n) is 7.60. The van der Waals surface area contributed by atoms with E-state index in [1.54, 1.807) is 39.5 Å². The number of hydrogen-bond acceptors (Lipinski definition) is 5. The molecule has 2 aromatic carbocycles. The maximum atomic E-state index is 12.1. The Kier molecular flexibility index (Phi) is 6.82. The number of hydrazone groups is 1. The molecule has 2 rings (SSSR count). The highest BCUT2D eigenvalue weighted by Gasteiger charge is 2.11. The third-order valence-corrected chi connectivity index (χ3v) is 3.95. The van der Waals surface area contributed by atoms with Gasteiger partial charge >= 0.3 is 0 Å². The molecule has 132 valence electrons. The Bertz CT molecular complexity index is 748. The van der Waals surface area contributed by atoms with Crippen LogP contribution in [0.4, 0.5) is 5.69 Å². The Hall–Kier alpha value is -2.54. The zero-order chi connectivity index (χ0) is 18.2. The summed E-state index contributed by atoms with van der Waals surface area (Å²) in [4.78, 5) is 12.1. The Morgan fingerprint density at radius 2 is 1.80 bits per heavy atom. The first-order chi connectivity index (χ1) is 12.0. The lowest BCUT2D eigenvalue weighted by molar-refractivity contribution is -0.121. The minimum atomic E-state index is -0.427. The van der Waals surface area contributed by atoms with Gasteiger partial charge in [-0.05, 0) is 55.0 Å². The molecule has 0 aliphatic heterocycles. The fourth-order valence-corrected chi connectivity index (χ4v) is 2.33. The Morgan fingerprint density at radius 3 is 2.44 bits per heavy atom. The predicted octanol–water partition coefficient (Wildman–Crippen LogP) is 3.42. The molecule has 1 atom stereocenters. The Labute approximate surface area is 155 Å². The molecular weight excluding hydrogens is 386 g/mol. The number of hydrogen-bond donors (Lipinski definition) is 2. The van der Waals surface area contributed by atoms with Gasteiger partial charge in [0.25, 0.3) is 5.91 Å². The average Bonchev–Trinajstić information content (AvgIpc) is 2.63. The van der Waals surface area contributed by atoms with Crippen LogP contribution in [0.5, 0.6) is 11.5 Å².